The highest BCUT2D eigenvalue weighted by Gasteiger charge is 2.23. The largest absolute Gasteiger partial charge is 0.461 e. The van der Waals surface area contributed by atoms with E-state index in [-0.39, 0.29) is 12.0 Å². The minimum Gasteiger partial charge on any atom is -0.461 e. The van der Waals surface area contributed by atoms with E-state index >= 15 is 0 Å². The first-order chi connectivity index (χ1) is 12.5. The van der Waals surface area contributed by atoms with E-state index in [1.165, 1.54) is 6.20 Å². The van der Waals surface area contributed by atoms with Gasteiger partial charge in [-0.25, -0.2) is 4.79 Å². The number of hydrogen-bond acceptors (Lipinski definition) is 5. The van der Waals surface area contributed by atoms with Gasteiger partial charge in [0.15, 0.2) is 0 Å². The molecule has 26 heavy (non-hydrogen) atoms. The predicted molar refractivity (Wildman–Crippen MR) is 106 cm³/mol. The van der Waals surface area contributed by atoms with Crippen molar-refractivity contribution in [2.24, 2.45) is 0 Å². The first-order valence-corrected chi connectivity index (χ1v) is 10.3. The van der Waals surface area contributed by atoms with Gasteiger partial charge in [-0.3, -0.25) is 9.78 Å². The van der Waals surface area contributed by atoms with Gasteiger partial charge in [-0.05, 0) is 44.8 Å². The van der Waals surface area contributed by atoms with Crippen LogP contribution < -0.4 is 5.32 Å². The lowest BCUT2D eigenvalue weighted by atomic mass is 10.1. The van der Waals surface area contributed by atoms with Crippen molar-refractivity contribution >= 4 is 23.6 Å². The molecule has 0 spiro atoms. The minimum absolute atomic E-state index is 0.223. The molecule has 0 saturated heterocycles. The molecule has 1 unspecified atom stereocenters. The fourth-order valence-electron chi connectivity index (χ4n) is 2.10. The van der Waals surface area contributed by atoms with Gasteiger partial charge >= 0.3 is 5.97 Å². The van der Waals surface area contributed by atoms with Crippen LogP contribution in [-0.2, 0) is 9.53 Å². The zero-order valence-electron chi connectivity index (χ0n) is 16.0. The van der Waals surface area contributed by atoms with Crippen LogP contribution in [0, 0.1) is 11.8 Å². The third-order valence-electron chi connectivity index (χ3n) is 3.44. The lowest BCUT2D eigenvalue weighted by molar-refractivity contribution is -0.149. The SMILES string of the molecule is CCCCC#Cc1cncc(C(=O)NC(CCSC)C(=O)OC(C)C)c1. The Morgan fingerprint density at radius 3 is 2.77 bits per heavy atom. The monoisotopic (exact) mass is 376 g/mol. The van der Waals surface area contributed by atoms with Gasteiger partial charge in [0.05, 0.1) is 11.7 Å². The molecule has 1 atom stereocenters. The lowest BCUT2D eigenvalue weighted by Gasteiger charge is -2.18. The lowest BCUT2D eigenvalue weighted by Crippen LogP contribution is -2.43. The summed E-state index contributed by atoms with van der Waals surface area (Å²) in [6.07, 6.45) is 8.33. The number of nitrogens with one attached hydrogen (secondary N) is 1. The molecule has 0 radical (unpaired) electrons. The summed E-state index contributed by atoms with van der Waals surface area (Å²) in [6, 6.07) is 1.03. The molecule has 0 saturated carbocycles. The van der Waals surface area contributed by atoms with E-state index in [9.17, 15) is 9.59 Å². The number of hydrogen-bond donors (Lipinski definition) is 1. The molecule has 0 aliphatic carbocycles. The second-order valence-electron chi connectivity index (χ2n) is 6.16. The molecule has 1 rings (SSSR count). The van der Waals surface area contributed by atoms with Crippen molar-refractivity contribution < 1.29 is 14.3 Å². The molecule has 0 fully saturated rings. The molecule has 0 aliphatic rings. The predicted octanol–water partition coefficient (Wildman–Crippen LogP) is 3.43. The fraction of sp³-hybridized carbons (Fsp3) is 0.550. The highest BCUT2D eigenvalue weighted by Crippen LogP contribution is 2.08. The molecule has 6 heteroatoms. The number of amides is 1. The summed E-state index contributed by atoms with van der Waals surface area (Å²) in [5, 5.41) is 2.76. The van der Waals surface area contributed by atoms with Crippen LogP contribution in [0.25, 0.3) is 0 Å². The van der Waals surface area contributed by atoms with Crippen LogP contribution in [0.5, 0.6) is 0 Å². The van der Waals surface area contributed by atoms with Gasteiger partial charge in [0.25, 0.3) is 5.91 Å². The number of carbonyl (C=O) groups is 2. The number of thioether (sulfide) groups is 1. The number of unbranched alkanes of at least 4 members (excludes halogenated alkanes) is 2. The molecule has 0 bridgehead atoms. The van der Waals surface area contributed by atoms with E-state index in [1.807, 2.05) is 6.26 Å². The van der Waals surface area contributed by atoms with Crippen LogP contribution in [0.3, 0.4) is 0 Å². The Hall–Kier alpha value is -2.00. The average molecular weight is 377 g/mol. The maximum atomic E-state index is 12.5. The van der Waals surface area contributed by atoms with Crippen molar-refractivity contribution in [2.45, 2.75) is 58.6 Å². The number of nitrogens with zero attached hydrogens (tertiary/aromatic N) is 1. The molecule has 0 aliphatic heterocycles. The number of ether oxygens (including phenoxy) is 1. The van der Waals surface area contributed by atoms with Gasteiger partial charge in [0, 0.05) is 24.4 Å². The summed E-state index contributed by atoms with van der Waals surface area (Å²) >= 11 is 1.61. The van der Waals surface area contributed by atoms with Gasteiger partial charge in [-0.1, -0.05) is 25.2 Å². The summed E-state index contributed by atoms with van der Waals surface area (Å²) in [4.78, 5) is 28.8. The Kier molecular flexibility index (Phi) is 10.5. The first kappa shape index (κ1) is 22.0. The summed E-state index contributed by atoms with van der Waals surface area (Å²) in [5.74, 6) is 6.09. The Balaban J connectivity index is 2.81. The van der Waals surface area contributed by atoms with Crippen molar-refractivity contribution in [2.75, 3.05) is 12.0 Å². The second kappa shape index (κ2) is 12.4. The summed E-state index contributed by atoms with van der Waals surface area (Å²) in [5.41, 5.74) is 1.08. The number of aromatic nitrogens is 1. The van der Waals surface area contributed by atoms with Crippen LogP contribution >= 0.6 is 11.8 Å². The van der Waals surface area contributed by atoms with E-state index in [2.05, 4.69) is 29.1 Å². The maximum Gasteiger partial charge on any atom is 0.328 e. The number of pyridine rings is 1. The molecule has 1 aromatic rings. The van der Waals surface area contributed by atoms with Gasteiger partial charge in [-0.2, -0.15) is 11.8 Å². The number of carbonyl (C=O) groups excluding carboxylic acids is 2. The third-order valence-corrected chi connectivity index (χ3v) is 4.08. The maximum absolute atomic E-state index is 12.5. The third kappa shape index (κ3) is 8.39. The van der Waals surface area contributed by atoms with Crippen molar-refractivity contribution in [3.63, 3.8) is 0 Å². The van der Waals surface area contributed by atoms with Crippen molar-refractivity contribution in [1.29, 1.82) is 0 Å². The molecular formula is C20H28N2O3S. The fourth-order valence-corrected chi connectivity index (χ4v) is 2.57. The van der Waals surface area contributed by atoms with Gasteiger partial charge < -0.3 is 10.1 Å². The van der Waals surface area contributed by atoms with Gasteiger partial charge in [-0.15, -0.1) is 0 Å². The number of rotatable bonds is 9. The van der Waals surface area contributed by atoms with Gasteiger partial charge in [0.2, 0.25) is 0 Å². The molecule has 1 N–H and O–H groups in total. The molecular weight excluding hydrogens is 348 g/mol. The van der Waals surface area contributed by atoms with Crippen LogP contribution in [0.15, 0.2) is 18.5 Å². The molecule has 0 aromatic carbocycles. The van der Waals surface area contributed by atoms with Crippen LogP contribution in [0.2, 0.25) is 0 Å². The van der Waals surface area contributed by atoms with E-state index in [0.29, 0.717) is 17.5 Å². The normalized spacial score (nSPS) is 11.4. The Bertz CT molecular complexity index is 650. The zero-order chi connectivity index (χ0) is 19.4. The van der Waals surface area contributed by atoms with E-state index < -0.39 is 12.0 Å². The van der Waals surface area contributed by atoms with Gasteiger partial charge in [0.1, 0.15) is 6.04 Å². The Morgan fingerprint density at radius 2 is 2.12 bits per heavy atom. The highest BCUT2D eigenvalue weighted by molar-refractivity contribution is 7.98. The first-order valence-electron chi connectivity index (χ1n) is 8.92. The molecule has 1 heterocycles. The molecule has 1 amide bonds. The topological polar surface area (TPSA) is 68.3 Å². The Labute approximate surface area is 160 Å². The van der Waals surface area contributed by atoms with E-state index in [4.69, 9.17) is 4.74 Å². The van der Waals surface area contributed by atoms with Crippen molar-refractivity contribution in [1.82, 2.24) is 10.3 Å². The zero-order valence-corrected chi connectivity index (χ0v) is 16.8. The number of esters is 1. The van der Waals surface area contributed by atoms with E-state index in [1.54, 1.807) is 37.9 Å². The van der Waals surface area contributed by atoms with Crippen molar-refractivity contribution in [3.05, 3.63) is 29.6 Å². The van der Waals surface area contributed by atoms with Crippen molar-refractivity contribution in [3.8, 4) is 11.8 Å². The van der Waals surface area contributed by atoms with E-state index in [0.717, 1.165) is 25.0 Å². The Morgan fingerprint density at radius 1 is 1.35 bits per heavy atom. The average Bonchev–Trinajstić information content (AvgIpc) is 2.61. The molecule has 1 aromatic heterocycles. The van der Waals surface area contributed by atoms with Crippen LogP contribution in [0.1, 0.15) is 62.4 Å². The summed E-state index contributed by atoms with van der Waals surface area (Å²) in [7, 11) is 0. The second-order valence-corrected chi connectivity index (χ2v) is 7.15. The smallest absolute Gasteiger partial charge is 0.328 e. The minimum atomic E-state index is -0.670. The standard InChI is InChI=1S/C20H28N2O3S/c1-5-6-7-8-9-16-12-17(14-21-13-16)19(23)22-18(10-11-26-4)20(24)25-15(2)3/h12-15,18H,5-7,10-11H2,1-4H3,(H,22,23). The molecule has 5 nitrogen and oxygen atoms in total. The molecule has 142 valence electrons. The van der Waals surface area contributed by atoms with Crippen LogP contribution in [-0.4, -0.2) is 41.0 Å². The summed E-state index contributed by atoms with van der Waals surface area (Å²) in [6.45, 7) is 5.69. The highest BCUT2D eigenvalue weighted by atomic mass is 32.2. The summed E-state index contributed by atoms with van der Waals surface area (Å²) < 4.78 is 5.25. The van der Waals surface area contributed by atoms with Crippen LogP contribution in [0.4, 0.5) is 0 Å². The quantitative estimate of drug-likeness (QED) is 0.406.